The maximum Gasteiger partial charge on any atom is 0.280 e. The Morgan fingerprint density at radius 2 is 1.51 bits per heavy atom. The van der Waals surface area contributed by atoms with Gasteiger partial charge in [0, 0.05) is 18.0 Å². The molecule has 1 amide bonds. The fraction of sp³-hybridized carbons (Fsp3) is 0.490. The first-order valence-corrected chi connectivity index (χ1v) is 26.1. The summed E-state index contributed by atoms with van der Waals surface area (Å²) in [6, 6.07) is 27.8. The number of carbonyl (C=O) groups is 1. The summed E-state index contributed by atoms with van der Waals surface area (Å²) in [5.74, 6) is 0.647. The zero-order valence-electron chi connectivity index (χ0n) is 40.7. The Labute approximate surface area is 396 Å². The van der Waals surface area contributed by atoms with E-state index in [1.54, 1.807) is 32.6 Å². The van der Waals surface area contributed by atoms with Crippen LogP contribution >= 0.6 is 8.53 Å². The van der Waals surface area contributed by atoms with Crippen LogP contribution in [-0.4, -0.2) is 97.0 Å². The first-order valence-electron chi connectivity index (χ1n) is 22.8. The number of aromatic amines is 1. The molecule has 360 valence electrons. The molecule has 5 aromatic rings. The molecule has 3 aromatic carbocycles. The van der Waals surface area contributed by atoms with Gasteiger partial charge in [-0.1, -0.05) is 89.2 Å². The molecular weight excluding hydrogens is 890 g/mol. The van der Waals surface area contributed by atoms with Crippen molar-refractivity contribution in [3.63, 3.8) is 0 Å². The van der Waals surface area contributed by atoms with E-state index in [-0.39, 0.29) is 65.7 Å². The second kappa shape index (κ2) is 22.4. The van der Waals surface area contributed by atoms with Crippen molar-refractivity contribution < 1.29 is 37.2 Å². The van der Waals surface area contributed by atoms with E-state index < -0.39 is 53.3 Å². The van der Waals surface area contributed by atoms with Gasteiger partial charge in [0.1, 0.15) is 35.4 Å². The summed E-state index contributed by atoms with van der Waals surface area (Å²) < 4.78 is 50.9. The number of anilines is 1. The van der Waals surface area contributed by atoms with Gasteiger partial charge in [0.15, 0.2) is 26.4 Å². The van der Waals surface area contributed by atoms with Gasteiger partial charge in [0.25, 0.3) is 14.1 Å². The number of imidazole rings is 1. The fourth-order valence-corrected chi connectivity index (χ4v) is 10.8. The number of amides is 1. The molecule has 6 atom stereocenters. The van der Waals surface area contributed by atoms with Gasteiger partial charge >= 0.3 is 0 Å². The molecular formula is C49H66N7O9PSi. The van der Waals surface area contributed by atoms with E-state index in [0.29, 0.717) is 11.5 Å². The van der Waals surface area contributed by atoms with Crippen molar-refractivity contribution in [3.05, 3.63) is 112 Å². The van der Waals surface area contributed by atoms with Crippen LogP contribution in [0.1, 0.15) is 91.7 Å². The smallest absolute Gasteiger partial charge is 0.280 e. The van der Waals surface area contributed by atoms with E-state index in [9.17, 15) is 14.9 Å². The highest BCUT2D eigenvalue weighted by Gasteiger charge is 2.52. The molecule has 3 heterocycles. The van der Waals surface area contributed by atoms with Gasteiger partial charge in [0.05, 0.1) is 46.3 Å². The number of aromatic nitrogens is 4. The lowest BCUT2D eigenvalue weighted by atomic mass is 9.80. The summed E-state index contributed by atoms with van der Waals surface area (Å²) in [7, 11) is -0.689. The first-order chi connectivity index (χ1) is 31.9. The second-order valence-electron chi connectivity index (χ2n) is 18.5. The molecule has 0 bridgehead atoms. The lowest BCUT2D eigenvalue weighted by Crippen LogP contribution is -2.45. The Morgan fingerprint density at radius 1 is 0.925 bits per heavy atom. The number of H-pyrrole nitrogens is 1. The number of nitrogens with one attached hydrogen (secondary N) is 2. The Balaban J connectivity index is 1.56. The molecule has 18 heteroatoms. The zero-order chi connectivity index (χ0) is 48.6. The number of carbonyl (C=O) groups excluding carboxylic acids is 1. The molecule has 0 spiro atoms. The third-order valence-corrected chi connectivity index (χ3v) is 17.1. The standard InChI is InChI=1S/C49H66N7O9PSi/c1-31(2)44(57)53-47-52-43-40(45(58)54-47)51-30-55(43)46-42(64-66(62-28-16-27-50)56(32(3)4)33(5)6)41(65-67(12)48(7,8)9)39(63-46)29-61-49(34-17-14-13-15-18-34,35-19-23-37(59-10)24-20-35)36-21-25-38(60-11)26-22-36/h13-15,17-26,30-33,39,41-42,46,67H,16,28-29H2,1-12H3,(H2,52,53,54,57,58)/t39-,41?,42+,46-,66?,67?/m1/s1. The van der Waals surface area contributed by atoms with E-state index in [2.05, 4.69) is 81.0 Å². The van der Waals surface area contributed by atoms with Crippen molar-refractivity contribution >= 4 is 40.6 Å². The Morgan fingerprint density at radius 3 is 2.03 bits per heavy atom. The van der Waals surface area contributed by atoms with E-state index in [1.807, 2.05) is 78.9 Å². The van der Waals surface area contributed by atoms with Crippen molar-refractivity contribution in [3.8, 4) is 17.6 Å². The molecule has 0 radical (unpaired) electrons. The number of fused-ring (bicyclic) bond motifs is 1. The predicted octanol–water partition coefficient (Wildman–Crippen LogP) is 8.84. The molecule has 6 rings (SSSR count). The van der Waals surface area contributed by atoms with Crippen molar-refractivity contribution in [2.24, 2.45) is 5.92 Å². The molecule has 0 saturated carbocycles. The number of methoxy groups -OCH3 is 2. The summed E-state index contributed by atoms with van der Waals surface area (Å²) in [6.45, 7) is 20.5. The van der Waals surface area contributed by atoms with E-state index in [1.165, 1.54) is 6.33 Å². The largest absolute Gasteiger partial charge is 0.497 e. The summed E-state index contributed by atoms with van der Waals surface area (Å²) in [5.41, 5.74) is 0.994. The van der Waals surface area contributed by atoms with Gasteiger partial charge in [-0.05, 0) is 80.2 Å². The van der Waals surface area contributed by atoms with Gasteiger partial charge < -0.3 is 32.4 Å². The zero-order valence-corrected chi connectivity index (χ0v) is 42.7. The van der Waals surface area contributed by atoms with Gasteiger partial charge in [-0.15, -0.1) is 0 Å². The Hall–Kier alpha value is -5.02. The van der Waals surface area contributed by atoms with Gasteiger partial charge in [0.2, 0.25) is 11.9 Å². The highest BCUT2D eigenvalue weighted by atomic mass is 31.2. The topological polar surface area (TPSA) is 184 Å². The SMILES string of the molecule is COc1ccc(C(OC[C@H]2O[C@@H](n3cnc4c(=O)[nH]c(NC(=O)C(C)C)nc43)[C@@H](OP(OCCC#N)N(C(C)C)C(C)C)C2O[SiH](C)C(C)(C)C)(c2ccccc2)c2ccc(OC)cc2)cc1. The highest BCUT2D eigenvalue weighted by Crippen LogP contribution is 2.52. The molecule has 1 fully saturated rings. The fourth-order valence-electron chi connectivity index (χ4n) is 7.90. The van der Waals surface area contributed by atoms with Crippen molar-refractivity contribution in [1.29, 1.82) is 5.26 Å². The molecule has 1 aliphatic rings. The lowest BCUT2D eigenvalue weighted by molar-refractivity contribution is -0.118. The molecule has 1 saturated heterocycles. The maximum absolute atomic E-state index is 13.6. The Bertz CT molecular complexity index is 2440. The van der Waals surface area contributed by atoms with Crippen LogP contribution in [0.4, 0.5) is 5.95 Å². The molecule has 3 unspecified atom stereocenters. The second-order valence-corrected chi connectivity index (χ2v) is 23.2. The molecule has 16 nitrogen and oxygen atoms in total. The quantitative estimate of drug-likeness (QED) is 0.0308. The first kappa shape index (κ1) is 51.4. The normalized spacial score (nSPS) is 18.7. The highest BCUT2D eigenvalue weighted by molar-refractivity contribution is 7.44. The van der Waals surface area contributed by atoms with Crippen LogP contribution in [0.2, 0.25) is 11.6 Å². The van der Waals surface area contributed by atoms with E-state index in [4.69, 9.17) is 37.4 Å². The monoisotopic (exact) mass is 955 g/mol. The lowest BCUT2D eigenvalue weighted by Gasteiger charge is -2.40. The van der Waals surface area contributed by atoms with Crippen LogP contribution in [0.25, 0.3) is 11.2 Å². The minimum absolute atomic E-state index is 0.0130. The maximum atomic E-state index is 13.6. The van der Waals surface area contributed by atoms with Crippen LogP contribution in [0.3, 0.4) is 0 Å². The number of nitrogens with zero attached hydrogens (tertiary/aromatic N) is 5. The molecule has 2 aromatic heterocycles. The summed E-state index contributed by atoms with van der Waals surface area (Å²) in [4.78, 5) is 38.4. The van der Waals surface area contributed by atoms with Crippen molar-refractivity contribution in [2.75, 3.05) is 32.8 Å². The summed E-state index contributed by atoms with van der Waals surface area (Å²) >= 11 is 0. The number of hydrogen-bond donors (Lipinski definition) is 2. The predicted molar refractivity (Wildman–Crippen MR) is 261 cm³/mol. The third kappa shape index (κ3) is 11.6. The van der Waals surface area contributed by atoms with E-state index >= 15 is 0 Å². The minimum atomic E-state index is -2.10. The number of hydrogen-bond acceptors (Lipinski definition) is 13. The molecule has 0 aliphatic carbocycles. The van der Waals surface area contributed by atoms with Gasteiger partial charge in [-0.25, -0.2) is 9.65 Å². The third-order valence-electron chi connectivity index (χ3n) is 11.9. The van der Waals surface area contributed by atoms with Crippen molar-refractivity contribution in [2.45, 2.75) is 123 Å². The minimum Gasteiger partial charge on any atom is -0.497 e. The van der Waals surface area contributed by atoms with Crippen molar-refractivity contribution in [1.82, 2.24) is 24.2 Å². The molecule has 1 aliphatic heterocycles. The van der Waals surface area contributed by atoms with Crippen LogP contribution in [-0.2, 0) is 33.3 Å². The molecule has 67 heavy (non-hydrogen) atoms. The summed E-state index contributed by atoms with van der Waals surface area (Å²) in [5, 5.41) is 12.1. The van der Waals surface area contributed by atoms with Crippen LogP contribution in [0.15, 0.2) is 90.0 Å². The average molecular weight is 956 g/mol. The number of benzene rings is 3. The summed E-state index contributed by atoms with van der Waals surface area (Å²) in [6.07, 6.45) is -1.82. The Kier molecular flexibility index (Phi) is 17.2. The number of ether oxygens (including phenoxy) is 4. The molecule has 2 N–H and O–H groups in total. The van der Waals surface area contributed by atoms with E-state index in [0.717, 1.165) is 16.7 Å². The van der Waals surface area contributed by atoms with Crippen LogP contribution < -0.4 is 20.3 Å². The van der Waals surface area contributed by atoms with Gasteiger partial charge in [-0.3, -0.25) is 24.5 Å². The number of rotatable bonds is 21. The van der Waals surface area contributed by atoms with Gasteiger partial charge in [-0.2, -0.15) is 10.2 Å². The average Bonchev–Trinajstić information content (AvgIpc) is 3.87. The van der Waals surface area contributed by atoms with Crippen LogP contribution in [0.5, 0.6) is 11.5 Å². The van der Waals surface area contributed by atoms with Crippen LogP contribution in [0, 0.1) is 17.2 Å². The number of nitriles is 1.